The Bertz CT molecular complexity index is 1450. The first-order chi connectivity index (χ1) is 20.4. The zero-order chi connectivity index (χ0) is 29.9. The van der Waals surface area contributed by atoms with Crippen molar-refractivity contribution in [3.8, 4) is 34.1 Å². The fourth-order valence-corrected chi connectivity index (χ4v) is 4.45. The molecule has 0 aliphatic heterocycles. The first-order valence-electron chi connectivity index (χ1n) is 13.5. The van der Waals surface area contributed by atoms with Crippen molar-refractivity contribution in [1.82, 2.24) is 0 Å². The molecular formula is C34H36O8. The number of aliphatic hydroxyl groups is 1. The number of aliphatic hydroxyl groups excluding tert-OH is 1. The Morgan fingerprint density at radius 3 is 1.62 bits per heavy atom. The van der Waals surface area contributed by atoms with Crippen LogP contribution in [-0.2, 0) is 40.3 Å². The van der Waals surface area contributed by atoms with E-state index >= 15 is 0 Å². The number of benzene rings is 4. The molecule has 220 valence electrons. The smallest absolute Gasteiger partial charge is 0.310 e. The van der Waals surface area contributed by atoms with Crippen LogP contribution < -0.4 is 18.9 Å². The highest BCUT2D eigenvalue weighted by molar-refractivity contribution is 5.79. The molecule has 1 N–H and O–H groups in total. The van der Waals surface area contributed by atoms with E-state index in [0.29, 0.717) is 11.5 Å². The van der Waals surface area contributed by atoms with Crippen LogP contribution in [0.5, 0.6) is 23.0 Å². The molecule has 0 saturated carbocycles. The molecule has 0 spiro atoms. The molecule has 4 aromatic carbocycles. The molecule has 0 heterocycles. The summed E-state index contributed by atoms with van der Waals surface area (Å²) in [6, 6.07) is 26.1. The van der Waals surface area contributed by atoms with Crippen molar-refractivity contribution < 1.29 is 38.3 Å². The predicted octanol–water partition coefficient (Wildman–Crippen LogP) is 5.75. The maximum absolute atomic E-state index is 12.7. The summed E-state index contributed by atoms with van der Waals surface area (Å²) in [7, 11) is 6.41. The fraction of sp³-hybridized carbons (Fsp3) is 0.265. The van der Waals surface area contributed by atoms with Crippen molar-refractivity contribution in [2.24, 2.45) is 0 Å². The number of rotatable bonds is 14. The average Bonchev–Trinajstić information content (AvgIpc) is 3.03. The number of esters is 1. The van der Waals surface area contributed by atoms with Gasteiger partial charge in [0.2, 0.25) is 0 Å². The molecule has 0 radical (unpaired) electrons. The molecule has 8 nitrogen and oxygen atoms in total. The van der Waals surface area contributed by atoms with Gasteiger partial charge in [-0.15, -0.1) is 0 Å². The number of hydrogen-bond donors (Lipinski definition) is 1. The van der Waals surface area contributed by atoms with E-state index < -0.39 is 6.29 Å². The van der Waals surface area contributed by atoms with Crippen LogP contribution in [0.25, 0.3) is 11.1 Å². The van der Waals surface area contributed by atoms with Crippen molar-refractivity contribution in [3.63, 3.8) is 0 Å². The molecule has 0 aliphatic rings. The molecule has 0 amide bonds. The minimum Gasteiger partial charge on any atom is -0.497 e. The van der Waals surface area contributed by atoms with Crippen LogP contribution >= 0.6 is 0 Å². The largest absolute Gasteiger partial charge is 0.497 e. The highest BCUT2D eigenvalue weighted by atomic mass is 16.6. The van der Waals surface area contributed by atoms with Crippen LogP contribution in [-0.4, -0.2) is 45.8 Å². The van der Waals surface area contributed by atoms with E-state index in [9.17, 15) is 9.90 Å². The van der Waals surface area contributed by atoms with Gasteiger partial charge in [-0.3, -0.25) is 4.79 Å². The molecule has 0 fully saturated rings. The van der Waals surface area contributed by atoms with E-state index in [0.717, 1.165) is 44.9 Å². The molecule has 1 unspecified atom stereocenters. The van der Waals surface area contributed by atoms with Crippen LogP contribution in [0.4, 0.5) is 0 Å². The molecule has 0 bridgehead atoms. The number of methoxy groups -OCH3 is 4. The number of carbonyl (C=O) groups excluding carboxylic acids is 1. The van der Waals surface area contributed by atoms with Gasteiger partial charge >= 0.3 is 5.97 Å². The van der Waals surface area contributed by atoms with Crippen molar-refractivity contribution in [1.29, 1.82) is 0 Å². The van der Waals surface area contributed by atoms with Gasteiger partial charge in [0.25, 0.3) is 0 Å². The SMILES string of the molecule is COc1ccc(COC(=O)Cc2ccc(OC)c(-c3cc(CC(O)OCc4ccc(OC)cc4)ccc3OC)c2)cc1. The Kier molecular flexibility index (Phi) is 10.8. The summed E-state index contributed by atoms with van der Waals surface area (Å²) in [5.74, 6) is 2.41. The molecule has 42 heavy (non-hydrogen) atoms. The molecular weight excluding hydrogens is 536 g/mol. The highest BCUT2D eigenvalue weighted by Crippen LogP contribution is 2.38. The van der Waals surface area contributed by atoms with E-state index in [4.69, 9.17) is 28.4 Å². The van der Waals surface area contributed by atoms with Crippen molar-refractivity contribution in [2.45, 2.75) is 32.3 Å². The summed E-state index contributed by atoms with van der Waals surface area (Å²) in [6.07, 6.45) is -0.651. The van der Waals surface area contributed by atoms with Gasteiger partial charge in [0.05, 0.1) is 41.5 Å². The Labute approximate surface area is 246 Å². The minimum absolute atomic E-state index is 0.0903. The molecule has 1 atom stereocenters. The lowest BCUT2D eigenvalue weighted by atomic mass is 9.97. The van der Waals surface area contributed by atoms with Crippen LogP contribution in [0.15, 0.2) is 84.9 Å². The van der Waals surface area contributed by atoms with Gasteiger partial charge in [-0.25, -0.2) is 0 Å². The van der Waals surface area contributed by atoms with E-state index in [2.05, 4.69) is 0 Å². The third-order valence-electron chi connectivity index (χ3n) is 6.74. The number of hydrogen-bond acceptors (Lipinski definition) is 8. The Morgan fingerprint density at radius 1 is 0.619 bits per heavy atom. The zero-order valence-electron chi connectivity index (χ0n) is 24.3. The minimum atomic E-state index is -1.01. The lowest BCUT2D eigenvalue weighted by Gasteiger charge is -2.17. The second-order valence-electron chi connectivity index (χ2n) is 9.57. The topological polar surface area (TPSA) is 92.7 Å². The van der Waals surface area contributed by atoms with E-state index in [1.165, 1.54) is 0 Å². The van der Waals surface area contributed by atoms with Crippen LogP contribution in [0, 0.1) is 0 Å². The van der Waals surface area contributed by atoms with Gasteiger partial charge in [0.1, 0.15) is 29.6 Å². The normalized spacial score (nSPS) is 11.5. The second-order valence-corrected chi connectivity index (χ2v) is 9.57. The van der Waals surface area contributed by atoms with Crippen molar-refractivity contribution in [2.75, 3.05) is 28.4 Å². The average molecular weight is 573 g/mol. The molecule has 4 aromatic rings. The van der Waals surface area contributed by atoms with Gasteiger partial charge in [-0.2, -0.15) is 0 Å². The summed E-state index contributed by atoms with van der Waals surface area (Å²) in [4.78, 5) is 12.7. The number of carbonyl (C=O) groups is 1. The van der Waals surface area contributed by atoms with Gasteiger partial charge in [0, 0.05) is 17.5 Å². The quantitative estimate of drug-likeness (QED) is 0.151. The highest BCUT2D eigenvalue weighted by Gasteiger charge is 2.16. The van der Waals surface area contributed by atoms with Gasteiger partial charge < -0.3 is 33.5 Å². The molecule has 4 rings (SSSR count). The van der Waals surface area contributed by atoms with Crippen molar-refractivity contribution in [3.05, 3.63) is 107 Å². The Balaban J connectivity index is 1.45. The summed E-state index contributed by atoms with van der Waals surface area (Å²) < 4.78 is 32.8. The first kappa shape index (κ1) is 30.4. The van der Waals surface area contributed by atoms with Crippen LogP contribution in [0.2, 0.25) is 0 Å². The Morgan fingerprint density at radius 2 is 1.10 bits per heavy atom. The molecule has 0 saturated heterocycles. The zero-order valence-corrected chi connectivity index (χ0v) is 24.3. The number of ether oxygens (including phenoxy) is 6. The van der Waals surface area contributed by atoms with Crippen LogP contribution in [0.1, 0.15) is 22.3 Å². The van der Waals surface area contributed by atoms with Gasteiger partial charge in [-0.1, -0.05) is 36.4 Å². The summed E-state index contributed by atoms with van der Waals surface area (Å²) in [5, 5.41) is 10.6. The summed E-state index contributed by atoms with van der Waals surface area (Å²) >= 11 is 0. The lowest BCUT2D eigenvalue weighted by molar-refractivity contribution is -0.144. The predicted molar refractivity (Wildman–Crippen MR) is 159 cm³/mol. The Hall–Kier alpha value is -4.53. The van der Waals surface area contributed by atoms with E-state index in [1.54, 1.807) is 28.4 Å². The van der Waals surface area contributed by atoms with Gasteiger partial charge in [0.15, 0.2) is 6.29 Å². The van der Waals surface area contributed by atoms with Gasteiger partial charge in [-0.05, 0) is 70.8 Å². The van der Waals surface area contributed by atoms with Crippen LogP contribution in [0.3, 0.4) is 0 Å². The molecule has 0 aromatic heterocycles. The lowest BCUT2D eigenvalue weighted by Crippen LogP contribution is -2.15. The molecule has 0 aliphatic carbocycles. The third kappa shape index (κ3) is 8.25. The third-order valence-corrected chi connectivity index (χ3v) is 6.74. The molecule has 8 heteroatoms. The first-order valence-corrected chi connectivity index (χ1v) is 13.5. The maximum Gasteiger partial charge on any atom is 0.310 e. The standard InChI is InChI=1S/C34H36O8/c1-37-27-11-5-23(6-12-27)21-41-33(35)19-25-9-15-31(39-3)29(17-25)30-18-26(10-16-32(30)40-4)20-34(36)42-22-24-7-13-28(38-2)14-8-24/h5-18,33,35H,19-22H2,1-4H3. The van der Waals surface area contributed by atoms with E-state index in [-0.39, 0.29) is 32.0 Å². The van der Waals surface area contributed by atoms with E-state index in [1.807, 2.05) is 84.9 Å². The summed E-state index contributed by atoms with van der Waals surface area (Å²) in [5.41, 5.74) is 4.93. The monoisotopic (exact) mass is 572 g/mol. The summed E-state index contributed by atoms with van der Waals surface area (Å²) in [6.45, 7) is 0.434. The van der Waals surface area contributed by atoms with Crippen molar-refractivity contribution >= 4 is 5.97 Å². The fourth-order valence-electron chi connectivity index (χ4n) is 4.45. The maximum atomic E-state index is 12.7. The second kappa shape index (κ2) is 14.9.